The number of halogens is 1. The molecule has 18 heavy (non-hydrogen) atoms. The molecular weight excluding hydrogens is 250 g/mol. The summed E-state index contributed by atoms with van der Waals surface area (Å²) in [5.74, 6) is 0.780. The lowest BCUT2D eigenvalue weighted by atomic mass is 10.2. The summed E-state index contributed by atoms with van der Waals surface area (Å²) in [6, 6.07) is 14.5. The van der Waals surface area contributed by atoms with E-state index in [1.54, 1.807) is 25.3 Å². The third kappa shape index (κ3) is 2.81. The van der Waals surface area contributed by atoms with Crippen LogP contribution in [0.1, 0.15) is 10.4 Å². The number of carbonyl (C=O) groups is 1. The molecule has 0 amide bonds. The Morgan fingerprint density at radius 3 is 2.39 bits per heavy atom. The zero-order chi connectivity index (χ0) is 13.0. The van der Waals surface area contributed by atoms with E-state index in [1.807, 2.05) is 30.3 Å². The second kappa shape index (κ2) is 5.56. The highest BCUT2D eigenvalue weighted by atomic mass is 35.5. The van der Waals surface area contributed by atoms with Gasteiger partial charge in [-0.3, -0.25) is 4.79 Å². The van der Waals surface area contributed by atoms with Gasteiger partial charge in [-0.25, -0.2) is 0 Å². The van der Waals surface area contributed by atoms with Gasteiger partial charge in [-0.2, -0.15) is 0 Å². The summed E-state index contributed by atoms with van der Waals surface area (Å²) in [7, 11) is 1.61. The largest absolute Gasteiger partial charge is 0.497 e. The third-order valence-corrected chi connectivity index (χ3v) is 2.71. The van der Waals surface area contributed by atoms with Gasteiger partial charge in [-0.15, -0.1) is 0 Å². The van der Waals surface area contributed by atoms with Gasteiger partial charge in [0.25, 0.3) is 5.24 Å². The van der Waals surface area contributed by atoms with E-state index in [-0.39, 0.29) is 0 Å². The number of methoxy groups -OCH3 is 1. The van der Waals surface area contributed by atoms with Crippen molar-refractivity contribution in [1.29, 1.82) is 0 Å². The van der Waals surface area contributed by atoms with Crippen LogP contribution < -0.4 is 10.1 Å². The summed E-state index contributed by atoms with van der Waals surface area (Å²) >= 11 is 5.52. The number of para-hydroxylation sites is 1. The summed E-state index contributed by atoms with van der Waals surface area (Å²) in [4.78, 5) is 11.3. The zero-order valence-corrected chi connectivity index (χ0v) is 10.6. The monoisotopic (exact) mass is 261 g/mol. The zero-order valence-electron chi connectivity index (χ0n) is 9.81. The SMILES string of the molecule is COc1ccc(Nc2ccccc2C(=O)Cl)cc1. The molecular formula is C14H12ClNO2. The molecule has 3 nitrogen and oxygen atoms in total. The van der Waals surface area contributed by atoms with Gasteiger partial charge in [-0.05, 0) is 48.0 Å². The molecule has 0 aliphatic carbocycles. The van der Waals surface area contributed by atoms with Crippen LogP contribution in [0.3, 0.4) is 0 Å². The van der Waals surface area contributed by atoms with Crippen LogP contribution in [0.2, 0.25) is 0 Å². The topological polar surface area (TPSA) is 38.3 Å². The van der Waals surface area contributed by atoms with Gasteiger partial charge in [0, 0.05) is 5.69 Å². The maximum Gasteiger partial charge on any atom is 0.254 e. The number of benzene rings is 2. The maximum atomic E-state index is 11.3. The Labute approximate surface area is 110 Å². The molecule has 0 aliphatic heterocycles. The fourth-order valence-electron chi connectivity index (χ4n) is 1.59. The van der Waals surface area contributed by atoms with Gasteiger partial charge >= 0.3 is 0 Å². The van der Waals surface area contributed by atoms with Crippen LogP contribution in [0.25, 0.3) is 0 Å². The standard InChI is InChI=1S/C14H12ClNO2/c1-18-11-8-6-10(7-9-11)16-13-5-3-2-4-12(13)14(15)17/h2-9,16H,1H3. The van der Waals surface area contributed by atoms with Gasteiger partial charge in [0.1, 0.15) is 5.75 Å². The predicted octanol–water partition coefficient (Wildman–Crippen LogP) is 3.82. The second-order valence-electron chi connectivity index (χ2n) is 3.67. The first kappa shape index (κ1) is 12.5. The van der Waals surface area contributed by atoms with Crippen molar-refractivity contribution in [3.8, 4) is 5.75 Å². The molecule has 0 atom stereocenters. The van der Waals surface area contributed by atoms with Gasteiger partial charge in [0.2, 0.25) is 0 Å². The molecule has 92 valence electrons. The minimum atomic E-state index is -0.480. The summed E-state index contributed by atoms with van der Waals surface area (Å²) in [6.07, 6.45) is 0. The first-order chi connectivity index (χ1) is 8.70. The molecule has 2 aromatic rings. The molecule has 0 aliphatic rings. The first-order valence-corrected chi connectivity index (χ1v) is 5.78. The quantitative estimate of drug-likeness (QED) is 0.851. The van der Waals surface area contributed by atoms with Gasteiger partial charge in [0.05, 0.1) is 18.4 Å². The van der Waals surface area contributed by atoms with E-state index in [0.717, 1.165) is 11.4 Å². The number of carbonyl (C=O) groups excluding carboxylic acids is 1. The fraction of sp³-hybridized carbons (Fsp3) is 0.0714. The Balaban J connectivity index is 2.25. The molecule has 2 rings (SSSR count). The number of hydrogen-bond acceptors (Lipinski definition) is 3. The molecule has 0 aromatic heterocycles. The van der Waals surface area contributed by atoms with E-state index in [0.29, 0.717) is 11.3 Å². The molecule has 0 radical (unpaired) electrons. The highest BCUT2D eigenvalue weighted by Gasteiger charge is 2.07. The lowest BCUT2D eigenvalue weighted by Crippen LogP contribution is -1.98. The smallest absolute Gasteiger partial charge is 0.254 e. The molecule has 0 spiro atoms. The van der Waals surface area contributed by atoms with Crippen LogP contribution in [0.4, 0.5) is 11.4 Å². The Morgan fingerprint density at radius 2 is 1.78 bits per heavy atom. The first-order valence-electron chi connectivity index (χ1n) is 5.40. The van der Waals surface area contributed by atoms with Crippen molar-refractivity contribution in [2.45, 2.75) is 0 Å². The summed E-state index contributed by atoms with van der Waals surface area (Å²) in [5.41, 5.74) is 2.00. The number of anilines is 2. The van der Waals surface area contributed by atoms with Crippen molar-refractivity contribution in [2.75, 3.05) is 12.4 Å². The van der Waals surface area contributed by atoms with Crippen LogP contribution in [0.15, 0.2) is 48.5 Å². The van der Waals surface area contributed by atoms with Gasteiger partial charge in [-0.1, -0.05) is 12.1 Å². The molecule has 0 fully saturated rings. The van der Waals surface area contributed by atoms with Gasteiger partial charge < -0.3 is 10.1 Å². The van der Waals surface area contributed by atoms with Crippen molar-refractivity contribution in [2.24, 2.45) is 0 Å². The molecule has 0 bridgehead atoms. The van der Waals surface area contributed by atoms with Crippen LogP contribution >= 0.6 is 11.6 Å². The summed E-state index contributed by atoms with van der Waals surface area (Å²) < 4.78 is 5.08. The maximum absolute atomic E-state index is 11.3. The molecule has 0 unspecified atom stereocenters. The lowest BCUT2D eigenvalue weighted by molar-refractivity contribution is 0.108. The van der Waals surface area contributed by atoms with Crippen LogP contribution in [-0.2, 0) is 0 Å². The Kier molecular flexibility index (Phi) is 3.85. The summed E-state index contributed by atoms with van der Waals surface area (Å²) in [6.45, 7) is 0. The number of rotatable bonds is 4. The fourth-order valence-corrected chi connectivity index (χ4v) is 1.76. The van der Waals surface area contributed by atoms with Crippen molar-refractivity contribution in [3.63, 3.8) is 0 Å². The number of nitrogens with one attached hydrogen (secondary N) is 1. The average molecular weight is 262 g/mol. The van der Waals surface area contributed by atoms with Crippen LogP contribution in [0, 0.1) is 0 Å². The Hall–Kier alpha value is -2.00. The predicted molar refractivity (Wildman–Crippen MR) is 72.9 cm³/mol. The van der Waals surface area contributed by atoms with Crippen molar-refractivity contribution >= 4 is 28.2 Å². The Bertz CT molecular complexity index is 552. The van der Waals surface area contributed by atoms with E-state index >= 15 is 0 Å². The number of ether oxygens (including phenoxy) is 1. The molecule has 2 aromatic carbocycles. The second-order valence-corrected chi connectivity index (χ2v) is 4.02. The average Bonchev–Trinajstić information content (AvgIpc) is 2.40. The lowest BCUT2D eigenvalue weighted by Gasteiger charge is -2.09. The minimum absolute atomic E-state index is 0.454. The van der Waals surface area contributed by atoms with E-state index in [2.05, 4.69) is 5.32 Å². The van der Waals surface area contributed by atoms with Crippen LogP contribution in [-0.4, -0.2) is 12.4 Å². The highest BCUT2D eigenvalue weighted by Crippen LogP contribution is 2.23. The molecule has 4 heteroatoms. The Morgan fingerprint density at radius 1 is 1.11 bits per heavy atom. The summed E-state index contributed by atoms with van der Waals surface area (Å²) in [5, 5.41) is 2.66. The van der Waals surface area contributed by atoms with E-state index < -0.39 is 5.24 Å². The van der Waals surface area contributed by atoms with E-state index in [1.165, 1.54) is 0 Å². The molecule has 0 saturated heterocycles. The van der Waals surface area contributed by atoms with Crippen molar-refractivity contribution in [1.82, 2.24) is 0 Å². The van der Waals surface area contributed by atoms with Crippen molar-refractivity contribution < 1.29 is 9.53 Å². The normalized spacial score (nSPS) is 9.89. The number of hydrogen-bond donors (Lipinski definition) is 1. The molecule has 0 heterocycles. The van der Waals surface area contributed by atoms with Crippen molar-refractivity contribution in [3.05, 3.63) is 54.1 Å². The minimum Gasteiger partial charge on any atom is -0.497 e. The third-order valence-electron chi connectivity index (χ3n) is 2.51. The van der Waals surface area contributed by atoms with E-state index in [4.69, 9.17) is 16.3 Å². The molecule has 0 saturated carbocycles. The van der Waals surface area contributed by atoms with E-state index in [9.17, 15) is 4.79 Å². The van der Waals surface area contributed by atoms with Gasteiger partial charge in [0.15, 0.2) is 0 Å². The highest BCUT2D eigenvalue weighted by molar-refractivity contribution is 6.68. The molecule has 1 N–H and O–H groups in total. The van der Waals surface area contributed by atoms with Crippen LogP contribution in [0.5, 0.6) is 5.75 Å².